The van der Waals surface area contributed by atoms with Gasteiger partial charge in [0.2, 0.25) is 0 Å². The molecule has 0 aliphatic rings. The standard InChI is InChI=1S/C25H20O5/c1-30-22-14-18(15-8-2-5-11-19(15)26)25(29)24(17-10-4-7-13-21(17)28)23(22)16-9-3-6-12-20(16)27/h2-14,26-29H,1H3. The molecule has 0 atom stereocenters. The van der Waals surface area contributed by atoms with Crippen LogP contribution in [0.2, 0.25) is 0 Å². The van der Waals surface area contributed by atoms with Crippen molar-refractivity contribution in [2.24, 2.45) is 0 Å². The third-order valence-corrected chi connectivity index (χ3v) is 5.02. The molecular formula is C25H20O5. The van der Waals surface area contributed by atoms with Gasteiger partial charge in [-0.05, 0) is 24.3 Å². The van der Waals surface area contributed by atoms with Crippen LogP contribution in [0.4, 0.5) is 0 Å². The van der Waals surface area contributed by atoms with E-state index < -0.39 is 0 Å². The fourth-order valence-corrected chi connectivity index (χ4v) is 3.62. The van der Waals surface area contributed by atoms with Gasteiger partial charge in [0.25, 0.3) is 0 Å². The van der Waals surface area contributed by atoms with E-state index in [2.05, 4.69) is 0 Å². The van der Waals surface area contributed by atoms with Crippen molar-refractivity contribution in [3.63, 3.8) is 0 Å². The molecule has 4 N–H and O–H groups in total. The van der Waals surface area contributed by atoms with Crippen molar-refractivity contribution < 1.29 is 25.2 Å². The SMILES string of the molecule is COc1cc(-c2ccccc2O)c(O)c(-c2ccccc2O)c1-c1ccccc1O. The number of methoxy groups -OCH3 is 1. The largest absolute Gasteiger partial charge is 0.507 e. The lowest BCUT2D eigenvalue weighted by Gasteiger charge is -2.21. The summed E-state index contributed by atoms with van der Waals surface area (Å²) in [7, 11) is 1.49. The van der Waals surface area contributed by atoms with E-state index in [-0.39, 0.29) is 28.6 Å². The Bertz CT molecular complexity index is 1230. The van der Waals surface area contributed by atoms with Gasteiger partial charge in [-0.2, -0.15) is 0 Å². The molecule has 0 spiro atoms. The smallest absolute Gasteiger partial charge is 0.132 e. The first-order valence-electron chi connectivity index (χ1n) is 9.32. The molecule has 0 bridgehead atoms. The van der Waals surface area contributed by atoms with E-state index in [0.29, 0.717) is 33.6 Å². The number of hydrogen-bond acceptors (Lipinski definition) is 5. The maximum atomic E-state index is 11.3. The van der Waals surface area contributed by atoms with Crippen LogP contribution in [-0.4, -0.2) is 27.5 Å². The second-order valence-electron chi connectivity index (χ2n) is 6.78. The first kappa shape index (κ1) is 19.2. The molecule has 0 aliphatic heterocycles. The molecule has 0 aromatic heterocycles. The maximum Gasteiger partial charge on any atom is 0.132 e. The van der Waals surface area contributed by atoms with Crippen molar-refractivity contribution in [2.75, 3.05) is 7.11 Å². The summed E-state index contributed by atoms with van der Waals surface area (Å²) in [5.41, 5.74) is 2.26. The van der Waals surface area contributed by atoms with Gasteiger partial charge in [0.15, 0.2) is 0 Å². The van der Waals surface area contributed by atoms with Crippen LogP contribution in [0, 0.1) is 0 Å². The Morgan fingerprint density at radius 2 is 0.967 bits per heavy atom. The Balaban J connectivity index is 2.16. The summed E-state index contributed by atoms with van der Waals surface area (Å²) >= 11 is 0. The Morgan fingerprint density at radius 3 is 1.43 bits per heavy atom. The molecular weight excluding hydrogens is 380 g/mol. The Kier molecular flexibility index (Phi) is 4.94. The molecule has 4 rings (SSSR count). The fourth-order valence-electron chi connectivity index (χ4n) is 3.62. The van der Waals surface area contributed by atoms with Gasteiger partial charge in [0.05, 0.1) is 7.11 Å². The monoisotopic (exact) mass is 400 g/mol. The lowest BCUT2D eigenvalue weighted by molar-refractivity contribution is 0.414. The molecule has 0 fully saturated rings. The van der Waals surface area contributed by atoms with Crippen molar-refractivity contribution >= 4 is 0 Å². The summed E-state index contributed by atoms with van der Waals surface area (Å²) in [6.07, 6.45) is 0. The van der Waals surface area contributed by atoms with Crippen molar-refractivity contribution in [1.29, 1.82) is 0 Å². The highest BCUT2D eigenvalue weighted by atomic mass is 16.5. The number of para-hydroxylation sites is 3. The van der Waals surface area contributed by atoms with E-state index in [1.807, 2.05) is 0 Å². The number of phenolic OH excluding ortho intramolecular Hbond substituents is 4. The average molecular weight is 400 g/mol. The van der Waals surface area contributed by atoms with Crippen LogP contribution in [0.1, 0.15) is 0 Å². The van der Waals surface area contributed by atoms with Gasteiger partial charge in [-0.15, -0.1) is 0 Å². The van der Waals surface area contributed by atoms with Gasteiger partial charge in [-0.25, -0.2) is 0 Å². The zero-order valence-electron chi connectivity index (χ0n) is 16.2. The summed E-state index contributed by atoms with van der Waals surface area (Å²) in [4.78, 5) is 0. The molecule has 5 heteroatoms. The summed E-state index contributed by atoms with van der Waals surface area (Å²) < 4.78 is 5.63. The number of phenols is 4. The quantitative estimate of drug-likeness (QED) is 0.362. The van der Waals surface area contributed by atoms with Crippen LogP contribution in [0.25, 0.3) is 33.4 Å². The highest BCUT2D eigenvalue weighted by Gasteiger charge is 2.25. The summed E-state index contributed by atoms with van der Waals surface area (Å²) in [5, 5.41) is 42.7. The average Bonchev–Trinajstić information content (AvgIpc) is 2.75. The minimum atomic E-state index is -0.156. The van der Waals surface area contributed by atoms with Crippen molar-refractivity contribution in [1.82, 2.24) is 0 Å². The van der Waals surface area contributed by atoms with Gasteiger partial charge in [0, 0.05) is 33.4 Å². The third-order valence-electron chi connectivity index (χ3n) is 5.02. The van der Waals surface area contributed by atoms with Crippen molar-refractivity contribution in [3.8, 4) is 62.1 Å². The lowest BCUT2D eigenvalue weighted by Crippen LogP contribution is -1.96. The molecule has 0 saturated carbocycles. The van der Waals surface area contributed by atoms with Gasteiger partial charge < -0.3 is 25.2 Å². The highest BCUT2D eigenvalue weighted by molar-refractivity contribution is 5.99. The Morgan fingerprint density at radius 1 is 0.533 bits per heavy atom. The third kappa shape index (κ3) is 3.16. The Hall–Kier alpha value is -4.12. The number of benzene rings is 4. The van der Waals surface area contributed by atoms with E-state index in [1.165, 1.54) is 25.3 Å². The van der Waals surface area contributed by atoms with Crippen LogP contribution in [-0.2, 0) is 0 Å². The molecule has 0 amide bonds. The van der Waals surface area contributed by atoms with Gasteiger partial charge in [-0.1, -0.05) is 54.6 Å². The summed E-state index contributed by atoms with van der Waals surface area (Å²) in [6, 6.07) is 21.6. The lowest BCUT2D eigenvalue weighted by atomic mass is 9.88. The van der Waals surface area contributed by atoms with E-state index in [9.17, 15) is 20.4 Å². The van der Waals surface area contributed by atoms with Crippen LogP contribution in [0.3, 0.4) is 0 Å². The first-order chi connectivity index (χ1) is 14.5. The van der Waals surface area contributed by atoms with E-state index >= 15 is 0 Å². The number of hydrogen-bond donors (Lipinski definition) is 4. The summed E-state index contributed by atoms with van der Waals surface area (Å²) in [6.45, 7) is 0. The normalized spacial score (nSPS) is 10.7. The second kappa shape index (κ2) is 7.72. The first-order valence-corrected chi connectivity index (χ1v) is 9.32. The molecule has 0 aliphatic carbocycles. The molecule has 150 valence electrons. The minimum Gasteiger partial charge on any atom is -0.507 e. The van der Waals surface area contributed by atoms with E-state index in [1.54, 1.807) is 60.7 Å². The second-order valence-corrected chi connectivity index (χ2v) is 6.78. The van der Waals surface area contributed by atoms with Crippen LogP contribution < -0.4 is 4.74 Å². The van der Waals surface area contributed by atoms with Gasteiger partial charge in [0.1, 0.15) is 28.7 Å². The molecule has 4 aromatic carbocycles. The molecule has 0 radical (unpaired) electrons. The van der Waals surface area contributed by atoms with Crippen molar-refractivity contribution in [2.45, 2.75) is 0 Å². The highest BCUT2D eigenvalue weighted by Crippen LogP contribution is 2.53. The van der Waals surface area contributed by atoms with Gasteiger partial charge >= 0.3 is 0 Å². The fraction of sp³-hybridized carbons (Fsp3) is 0.0400. The molecule has 0 unspecified atom stereocenters. The predicted molar refractivity (Wildman–Crippen MR) is 116 cm³/mol. The van der Waals surface area contributed by atoms with Crippen LogP contribution in [0.5, 0.6) is 28.7 Å². The van der Waals surface area contributed by atoms with Crippen LogP contribution >= 0.6 is 0 Å². The maximum absolute atomic E-state index is 11.3. The molecule has 0 saturated heterocycles. The molecule has 4 aromatic rings. The van der Waals surface area contributed by atoms with Crippen LogP contribution in [0.15, 0.2) is 78.9 Å². The zero-order valence-corrected chi connectivity index (χ0v) is 16.2. The molecule has 0 heterocycles. The number of rotatable bonds is 4. The molecule has 30 heavy (non-hydrogen) atoms. The predicted octanol–water partition coefficient (Wildman–Crippen LogP) is 5.52. The molecule has 5 nitrogen and oxygen atoms in total. The number of ether oxygens (including phenoxy) is 1. The number of aromatic hydroxyl groups is 4. The minimum absolute atomic E-state index is 0.00202. The van der Waals surface area contributed by atoms with E-state index in [4.69, 9.17) is 4.74 Å². The Labute approximate surface area is 173 Å². The summed E-state index contributed by atoms with van der Waals surface area (Å²) in [5.74, 6) is 0.166. The zero-order chi connectivity index (χ0) is 21.3. The van der Waals surface area contributed by atoms with Gasteiger partial charge in [-0.3, -0.25) is 0 Å². The van der Waals surface area contributed by atoms with E-state index in [0.717, 1.165) is 0 Å². The van der Waals surface area contributed by atoms with Crippen molar-refractivity contribution in [3.05, 3.63) is 78.9 Å². The topological polar surface area (TPSA) is 90.2 Å².